The fourth-order valence-corrected chi connectivity index (χ4v) is 4.36. The zero-order chi connectivity index (χ0) is 20.5. The molecule has 4 rings (SSSR count). The van der Waals surface area contributed by atoms with E-state index in [1.54, 1.807) is 16.8 Å². The number of aromatic nitrogens is 2. The third-order valence-corrected chi connectivity index (χ3v) is 5.88. The first-order valence-corrected chi connectivity index (χ1v) is 9.84. The van der Waals surface area contributed by atoms with Crippen LogP contribution in [0, 0.1) is 5.92 Å². The van der Waals surface area contributed by atoms with Gasteiger partial charge in [-0.2, -0.15) is 0 Å². The molecule has 2 amide bonds. The molecule has 2 aliphatic rings. The van der Waals surface area contributed by atoms with Gasteiger partial charge >= 0.3 is 5.69 Å². The Balaban J connectivity index is 1.57. The minimum absolute atomic E-state index is 0.0644. The molecule has 0 spiro atoms. The summed E-state index contributed by atoms with van der Waals surface area (Å²) in [4.78, 5) is 53.7. The van der Waals surface area contributed by atoms with Crippen molar-refractivity contribution in [2.75, 3.05) is 20.1 Å². The molecule has 8 nitrogen and oxygen atoms in total. The molecular formula is C21H24N4O4. The molecule has 1 aromatic heterocycles. The van der Waals surface area contributed by atoms with E-state index in [9.17, 15) is 19.2 Å². The van der Waals surface area contributed by atoms with Crippen LogP contribution >= 0.6 is 0 Å². The summed E-state index contributed by atoms with van der Waals surface area (Å²) in [7, 11) is 1.74. The average Bonchev–Trinajstić information content (AvgIpc) is 3.02. The number of piperidine rings is 1. The first-order chi connectivity index (χ1) is 14.0. The number of fused-ring (bicyclic) bond motifs is 1. The number of likely N-dealkylation sites (N-methyl/N-ethyl adjacent to an activating group) is 1. The lowest BCUT2D eigenvalue weighted by molar-refractivity contribution is -0.137. The number of hydrogen-bond acceptors (Lipinski definition) is 4. The van der Waals surface area contributed by atoms with Crippen LogP contribution in [0.3, 0.4) is 0 Å². The monoisotopic (exact) mass is 396 g/mol. The first kappa shape index (κ1) is 19.2. The van der Waals surface area contributed by atoms with Gasteiger partial charge < -0.3 is 9.80 Å². The van der Waals surface area contributed by atoms with Gasteiger partial charge in [0.2, 0.25) is 11.8 Å². The average molecular weight is 396 g/mol. The molecule has 0 bridgehead atoms. The van der Waals surface area contributed by atoms with Gasteiger partial charge in [-0.1, -0.05) is 30.3 Å². The second-order valence-corrected chi connectivity index (χ2v) is 7.76. The molecule has 2 fully saturated rings. The molecule has 2 aliphatic heterocycles. The Kier molecular flexibility index (Phi) is 5.08. The number of nitrogens with zero attached hydrogens (tertiary/aromatic N) is 4. The molecule has 8 heteroatoms. The van der Waals surface area contributed by atoms with Gasteiger partial charge in [-0.05, 0) is 18.4 Å². The second kappa shape index (κ2) is 7.69. The van der Waals surface area contributed by atoms with Crippen molar-refractivity contribution in [3.05, 3.63) is 69.0 Å². The summed E-state index contributed by atoms with van der Waals surface area (Å²) >= 11 is 0. The molecule has 2 saturated heterocycles. The van der Waals surface area contributed by atoms with Crippen LogP contribution in [0.4, 0.5) is 0 Å². The molecule has 0 N–H and O–H groups in total. The summed E-state index contributed by atoms with van der Waals surface area (Å²) in [6, 6.07) is 10.6. The van der Waals surface area contributed by atoms with Crippen molar-refractivity contribution < 1.29 is 9.59 Å². The van der Waals surface area contributed by atoms with Gasteiger partial charge in [0.25, 0.3) is 5.56 Å². The maximum absolute atomic E-state index is 13.0. The van der Waals surface area contributed by atoms with Crippen LogP contribution in [0.15, 0.2) is 52.2 Å². The highest BCUT2D eigenvalue weighted by Gasteiger charge is 2.45. The van der Waals surface area contributed by atoms with E-state index in [-0.39, 0.29) is 30.3 Å². The highest BCUT2D eigenvalue weighted by atomic mass is 16.2. The van der Waals surface area contributed by atoms with Crippen LogP contribution in [0.1, 0.15) is 18.4 Å². The smallest absolute Gasteiger partial charge is 0.331 e. The largest absolute Gasteiger partial charge is 0.343 e. The number of amides is 2. The second-order valence-electron chi connectivity index (χ2n) is 7.76. The van der Waals surface area contributed by atoms with Crippen LogP contribution < -0.4 is 11.2 Å². The van der Waals surface area contributed by atoms with Crippen molar-refractivity contribution in [1.29, 1.82) is 0 Å². The SMILES string of the molecule is CN1C[C@@H]2[C@@H](CCCN2C(=O)Cn2c(=O)ccn(Cc3ccccc3)c2=O)C1=O. The number of carbonyl (C=O) groups excluding carboxylic acids is 2. The molecular weight excluding hydrogens is 372 g/mol. The van der Waals surface area contributed by atoms with Crippen molar-refractivity contribution >= 4 is 11.8 Å². The van der Waals surface area contributed by atoms with Crippen LogP contribution in [0.5, 0.6) is 0 Å². The van der Waals surface area contributed by atoms with Gasteiger partial charge in [0, 0.05) is 32.4 Å². The molecule has 0 radical (unpaired) electrons. The third-order valence-electron chi connectivity index (χ3n) is 5.88. The third kappa shape index (κ3) is 3.62. The van der Waals surface area contributed by atoms with Crippen molar-refractivity contribution in [3.63, 3.8) is 0 Å². The van der Waals surface area contributed by atoms with E-state index >= 15 is 0 Å². The Morgan fingerprint density at radius 3 is 2.62 bits per heavy atom. The highest BCUT2D eigenvalue weighted by molar-refractivity contribution is 5.84. The molecule has 2 atom stereocenters. The van der Waals surface area contributed by atoms with Crippen LogP contribution in [0.25, 0.3) is 0 Å². The summed E-state index contributed by atoms with van der Waals surface area (Å²) in [6.07, 6.45) is 2.97. The number of carbonyl (C=O) groups is 2. The summed E-state index contributed by atoms with van der Waals surface area (Å²) in [5.41, 5.74) is -0.0822. The van der Waals surface area contributed by atoms with E-state index in [2.05, 4.69) is 0 Å². The molecule has 0 saturated carbocycles. The predicted molar refractivity (Wildman–Crippen MR) is 106 cm³/mol. The Morgan fingerprint density at radius 2 is 1.86 bits per heavy atom. The molecule has 29 heavy (non-hydrogen) atoms. The van der Waals surface area contributed by atoms with Gasteiger partial charge in [0.15, 0.2) is 0 Å². The van der Waals surface area contributed by atoms with Gasteiger partial charge in [0.1, 0.15) is 6.54 Å². The number of benzene rings is 1. The molecule has 2 aromatic rings. The van der Waals surface area contributed by atoms with Crippen molar-refractivity contribution in [3.8, 4) is 0 Å². The Bertz CT molecular complexity index is 1040. The lowest BCUT2D eigenvalue weighted by Crippen LogP contribution is -2.52. The standard InChI is InChI=1S/C21H24N4O4/c1-22-13-17-16(20(22)28)8-5-10-24(17)19(27)14-25-18(26)9-11-23(21(25)29)12-15-6-3-2-4-7-15/h2-4,6-7,9,11,16-17H,5,8,10,12-14H2,1H3/t16-,17-/m1/s1. The minimum atomic E-state index is -0.511. The van der Waals surface area contributed by atoms with Crippen LogP contribution in [-0.2, 0) is 22.7 Å². The number of rotatable bonds is 4. The fourth-order valence-electron chi connectivity index (χ4n) is 4.36. The number of likely N-dealkylation sites (tertiary alicyclic amines) is 2. The van der Waals surface area contributed by atoms with Crippen molar-refractivity contribution in [2.24, 2.45) is 5.92 Å². The Hall–Kier alpha value is -3.16. The normalized spacial score (nSPS) is 21.3. The lowest BCUT2D eigenvalue weighted by Gasteiger charge is -2.36. The van der Waals surface area contributed by atoms with Crippen molar-refractivity contribution in [1.82, 2.24) is 18.9 Å². The zero-order valence-electron chi connectivity index (χ0n) is 16.4. The van der Waals surface area contributed by atoms with E-state index in [0.29, 0.717) is 19.6 Å². The zero-order valence-corrected chi connectivity index (χ0v) is 16.4. The maximum Gasteiger partial charge on any atom is 0.331 e. The van der Waals surface area contributed by atoms with E-state index in [0.717, 1.165) is 23.0 Å². The van der Waals surface area contributed by atoms with Crippen LogP contribution in [-0.4, -0.2) is 56.9 Å². The lowest BCUT2D eigenvalue weighted by atomic mass is 9.91. The van der Waals surface area contributed by atoms with Gasteiger partial charge in [-0.3, -0.25) is 23.5 Å². The predicted octanol–water partition coefficient (Wildman–Crippen LogP) is 0.138. The van der Waals surface area contributed by atoms with E-state index in [1.807, 2.05) is 30.3 Å². The number of hydrogen-bond donors (Lipinski definition) is 0. The quantitative estimate of drug-likeness (QED) is 0.736. The molecule has 152 valence electrons. The maximum atomic E-state index is 13.0. The summed E-state index contributed by atoms with van der Waals surface area (Å²) < 4.78 is 2.41. The molecule has 0 aliphatic carbocycles. The van der Waals surface area contributed by atoms with E-state index in [4.69, 9.17) is 0 Å². The highest BCUT2D eigenvalue weighted by Crippen LogP contribution is 2.31. The van der Waals surface area contributed by atoms with E-state index in [1.165, 1.54) is 16.8 Å². The molecule has 3 heterocycles. The topological polar surface area (TPSA) is 84.6 Å². The first-order valence-electron chi connectivity index (χ1n) is 9.84. The van der Waals surface area contributed by atoms with Crippen molar-refractivity contribution in [2.45, 2.75) is 32.0 Å². The molecule has 1 aromatic carbocycles. The van der Waals surface area contributed by atoms with Gasteiger partial charge in [-0.25, -0.2) is 4.79 Å². The summed E-state index contributed by atoms with van der Waals surface area (Å²) in [5.74, 6) is -0.408. The Morgan fingerprint density at radius 1 is 1.10 bits per heavy atom. The fraction of sp³-hybridized carbons (Fsp3) is 0.429. The Labute approximate surface area is 168 Å². The van der Waals surface area contributed by atoms with Gasteiger partial charge in [0.05, 0.1) is 18.5 Å². The van der Waals surface area contributed by atoms with Gasteiger partial charge in [-0.15, -0.1) is 0 Å². The summed E-state index contributed by atoms with van der Waals surface area (Å²) in [6.45, 7) is 1.05. The molecule has 0 unspecified atom stereocenters. The van der Waals surface area contributed by atoms with E-state index < -0.39 is 11.2 Å². The minimum Gasteiger partial charge on any atom is -0.343 e. The van der Waals surface area contributed by atoms with Crippen LogP contribution in [0.2, 0.25) is 0 Å². The summed E-state index contributed by atoms with van der Waals surface area (Å²) in [5, 5.41) is 0.